The predicted octanol–water partition coefficient (Wildman–Crippen LogP) is -0.0378. The summed E-state index contributed by atoms with van der Waals surface area (Å²) in [6.45, 7) is 1.17. The Morgan fingerprint density at radius 3 is 1.67 bits per heavy atom. The highest BCUT2D eigenvalue weighted by molar-refractivity contribution is 4.78. The fourth-order valence-electron chi connectivity index (χ4n) is 2.19. The van der Waals surface area contributed by atoms with Crippen LogP contribution in [0.15, 0.2) is 0 Å². The van der Waals surface area contributed by atoms with Crippen molar-refractivity contribution >= 4 is 0 Å². The van der Waals surface area contributed by atoms with Gasteiger partial charge in [-0.15, -0.1) is 0 Å². The van der Waals surface area contributed by atoms with Gasteiger partial charge in [-0.3, -0.25) is 0 Å². The molecule has 4 N–H and O–H groups in total. The molecule has 12 heavy (non-hydrogen) atoms. The molecule has 1 rings (SSSR count). The van der Waals surface area contributed by atoms with Gasteiger partial charge in [-0.25, -0.2) is 0 Å². The van der Waals surface area contributed by atoms with E-state index in [1.807, 2.05) is 0 Å². The van der Waals surface area contributed by atoms with E-state index in [9.17, 15) is 0 Å². The Labute approximate surface area is 73.6 Å². The van der Waals surface area contributed by atoms with Gasteiger partial charge in [-0.1, -0.05) is 0 Å². The number of aliphatic hydroxyl groups excluding tert-OH is 2. The van der Waals surface area contributed by atoms with Crippen LogP contribution in [0.3, 0.4) is 0 Å². The second-order valence-electron chi connectivity index (χ2n) is 3.91. The topological polar surface area (TPSA) is 66.5 Å². The molecule has 0 saturated heterocycles. The number of rotatable bonds is 3. The van der Waals surface area contributed by atoms with Crippen molar-refractivity contribution in [2.75, 3.05) is 19.8 Å². The van der Waals surface area contributed by atoms with Gasteiger partial charge < -0.3 is 15.9 Å². The molecule has 3 nitrogen and oxygen atoms in total. The minimum absolute atomic E-state index is 0.243. The van der Waals surface area contributed by atoms with Gasteiger partial charge in [0, 0.05) is 13.2 Å². The normalized spacial score (nSPS) is 36.8. The van der Waals surface area contributed by atoms with Crippen molar-refractivity contribution in [3.63, 3.8) is 0 Å². The molecule has 1 aliphatic rings. The number of aliphatic hydroxyl groups is 2. The third kappa shape index (κ3) is 2.44. The van der Waals surface area contributed by atoms with Crippen molar-refractivity contribution < 1.29 is 10.2 Å². The van der Waals surface area contributed by atoms with Gasteiger partial charge in [0.2, 0.25) is 0 Å². The maximum atomic E-state index is 9.00. The molecule has 3 atom stereocenters. The maximum absolute atomic E-state index is 9.00. The third-order valence-electron chi connectivity index (χ3n) is 2.85. The first kappa shape index (κ1) is 9.96. The zero-order valence-corrected chi connectivity index (χ0v) is 7.45. The standard InChI is InChI=1S/C9H19NO2/c10-4-7-1-8(5-11)3-9(2-7)6-12/h7-9,11-12H,1-6,10H2/t7?,8-,9+. The van der Waals surface area contributed by atoms with Crippen molar-refractivity contribution in [1.82, 2.24) is 0 Å². The van der Waals surface area contributed by atoms with Crippen molar-refractivity contribution in [3.05, 3.63) is 0 Å². The Kier molecular flexibility index (Phi) is 3.98. The summed E-state index contributed by atoms with van der Waals surface area (Å²) in [6.07, 6.45) is 3.02. The summed E-state index contributed by atoms with van der Waals surface area (Å²) in [4.78, 5) is 0. The van der Waals surface area contributed by atoms with E-state index in [4.69, 9.17) is 15.9 Å². The second-order valence-corrected chi connectivity index (χ2v) is 3.91. The van der Waals surface area contributed by atoms with Crippen molar-refractivity contribution in [2.45, 2.75) is 19.3 Å². The third-order valence-corrected chi connectivity index (χ3v) is 2.85. The average Bonchev–Trinajstić information content (AvgIpc) is 2.16. The Bertz CT molecular complexity index is 99.9. The van der Waals surface area contributed by atoms with E-state index >= 15 is 0 Å². The summed E-state index contributed by atoms with van der Waals surface area (Å²) >= 11 is 0. The van der Waals surface area contributed by atoms with Gasteiger partial charge in [0.05, 0.1) is 0 Å². The summed E-state index contributed by atoms with van der Waals surface area (Å²) in [5, 5.41) is 18.0. The Balaban J connectivity index is 2.41. The van der Waals surface area contributed by atoms with Crippen LogP contribution in [0.25, 0.3) is 0 Å². The average molecular weight is 173 g/mol. The zero-order chi connectivity index (χ0) is 8.97. The van der Waals surface area contributed by atoms with Crippen LogP contribution in [0, 0.1) is 17.8 Å². The number of nitrogens with two attached hydrogens (primary N) is 1. The van der Waals surface area contributed by atoms with Crippen molar-refractivity contribution in [3.8, 4) is 0 Å². The molecule has 0 aromatic heterocycles. The summed E-state index contributed by atoms with van der Waals surface area (Å²) in [5.41, 5.74) is 5.57. The van der Waals surface area contributed by atoms with Gasteiger partial charge in [0.1, 0.15) is 0 Å². The number of hydrogen-bond acceptors (Lipinski definition) is 3. The Morgan fingerprint density at radius 2 is 1.33 bits per heavy atom. The van der Waals surface area contributed by atoms with E-state index in [2.05, 4.69) is 0 Å². The minimum atomic E-state index is 0.243. The lowest BCUT2D eigenvalue weighted by Gasteiger charge is -2.32. The molecule has 1 unspecified atom stereocenters. The molecule has 0 amide bonds. The van der Waals surface area contributed by atoms with Crippen molar-refractivity contribution in [1.29, 1.82) is 0 Å². The van der Waals surface area contributed by atoms with Crippen molar-refractivity contribution in [2.24, 2.45) is 23.5 Å². The van der Waals surface area contributed by atoms with Crippen LogP contribution in [0.2, 0.25) is 0 Å². The zero-order valence-electron chi connectivity index (χ0n) is 7.45. The first-order valence-electron chi connectivity index (χ1n) is 4.71. The molecule has 1 aliphatic carbocycles. The highest BCUT2D eigenvalue weighted by atomic mass is 16.3. The lowest BCUT2D eigenvalue weighted by atomic mass is 9.76. The van der Waals surface area contributed by atoms with Crippen LogP contribution in [0.1, 0.15) is 19.3 Å². The monoisotopic (exact) mass is 173 g/mol. The molecule has 0 spiro atoms. The molecule has 0 radical (unpaired) electrons. The van der Waals surface area contributed by atoms with E-state index in [1.165, 1.54) is 0 Å². The molecule has 0 aromatic carbocycles. The molecule has 1 fully saturated rings. The lowest BCUT2D eigenvalue weighted by Crippen LogP contribution is -2.30. The smallest absolute Gasteiger partial charge is 0.0459 e. The molecule has 1 saturated carbocycles. The van der Waals surface area contributed by atoms with Gasteiger partial charge in [0.25, 0.3) is 0 Å². The highest BCUT2D eigenvalue weighted by Gasteiger charge is 2.26. The largest absolute Gasteiger partial charge is 0.396 e. The molecular weight excluding hydrogens is 154 g/mol. The van der Waals surface area contributed by atoms with E-state index in [1.54, 1.807) is 0 Å². The highest BCUT2D eigenvalue weighted by Crippen LogP contribution is 2.32. The summed E-state index contributed by atoms with van der Waals surface area (Å²) in [7, 11) is 0. The molecule has 72 valence electrons. The van der Waals surface area contributed by atoms with Crippen LogP contribution in [-0.2, 0) is 0 Å². The summed E-state index contributed by atoms with van der Waals surface area (Å²) in [6, 6.07) is 0. The Hall–Kier alpha value is -0.120. The first-order chi connectivity index (χ1) is 5.80. The molecule has 0 aromatic rings. The number of hydrogen-bond donors (Lipinski definition) is 3. The molecule has 0 bridgehead atoms. The van der Waals surface area contributed by atoms with Gasteiger partial charge in [-0.2, -0.15) is 0 Å². The molecule has 0 aliphatic heterocycles. The molecular formula is C9H19NO2. The SMILES string of the molecule is NCC1C[C@@H](CO)C[C@@H](CO)C1. The maximum Gasteiger partial charge on any atom is 0.0459 e. The van der Waals surface area contributed by atoms with Gasteiger partial charge >= 0.3 is 0 Å². The first-order valence-corrected chi connectivity index (χ1v) is 4.71. The Morgan fingerprint density at radius 1 is 0.917 bits per heavy atom. The van der Waals surface area contributed by atoms with Crippen LogP contribution in [-0.4, -0.2) is 30.0 Å². The van der Waals surface area contributed by atoms with E-state index in [0.29, 0.717) is 24.3 Å². The van der Waals surface area contributed by atoms with Crippen LogP contribution in [0.5, 0.6) is 0 Å². The fourth-order valence-corrected chi connectivity index (χ4v) is 2.19. The predicted molar refractivity (Wildman–Crippen MR) is 47.5 cm³/mol. The van der Waals surface area contributed by atoms with E-state index < -0.39 is 0 Å². The van der Waals surface area contributed by atoms with E-state index in [-0.39, 0.29) is 13.2 Å². The summed E-state index contributed by atoms with van der Waals surface area (Å²) < 4.78 is 0. The van der Waals surface area contributed by atoms with Crippen LogP contribution in [0.4, 0.5) is 0 Å². The van der Waals surface area contributed by atoms with E-state index in [0.717, 1.165) is 19.3 Å². The molecule has 3 heteroatoms. The second kappa shape index (κ2) is 4.80. The minimum Gasteiger partial charge on any atom is -0.396 e. The lowest BCUT2D eigenvalue weighted by molar-refractivity contribution is 0.0927. The summed E-state index contributed by atoms with van der Waals surface area (Å²) in [5.74, 6) is 1.24. The van der Waals surface area contributed by atoms with Crippen LogP contribution >= 0.6 is 0 Å². The van der Waals surface area contributed by atoms with Gasteiger partial charge in [0.15, 0.2) is 0 Å². The fraction of sp³-hybridized carbons (Fsp3) is 1.00. The quantitative estimate of drug-likeness (QED) is 0.561. The molecule has 0 heterocycles. The van der Waals surface area contributed by atoms with Gasteiger partial charge in [-0.05, 0) is 43.6 Å². The van der Waals surface area contributed by atoms with Crippen LogP contribution < -0.4 is 5.73 Å².